The smallest absolute Gasteiger partial charge is 0.483 e. The van der Waals surface area contributed by atoms with Crippen LogP contribution in [0.1, 0.15) is 0 Å². The van der Waals surface area contributed by atoms with Gasteiger partial charge < -0.3 is 75.5 Å². The second-order valence-electron chi connectivity index (χ2n) is 8.29. The van der Waals surface area contributed by atoms with Gasteiger partial charge in [-0.3, -0.25) is 0 Å². The lowest BCUT2D eigenvalue weighted by Gasteiger charge is -2.40. The number of carbonyl (C=O) groups is 3. The van der Waals surface area contributed by atoms with Crippen LogP contribution in [0, 0.1) is 0 Å². The Kier molecular flexibility index (Phi) is 8.23. The summed E-state index contributed by atoms with van der Waals surface area (Å²) in [7, 11) is -6.44. The number of carbonyl (C=O) groups excluding carboxylic acids is 3. The summed E-state index contributed by atoms with van der Waals surface area (Å²) in [6, 6.07) is 0. The first-order valence-electron chi connectivity index (χ1n) is 10.5. The molecular weight excluding hydrogens is 599 g/mol. The third-order valence-corrected chi connectivity index (χ3v) is 7.07. The third-order valence-electron chi connectivity index (χ3n) is 5.45. The molecule has 41 heavy (non-hydrogen) atoms. The topological polar surface area (TPSA) is 366 Å². The van der Waals surface area contributed by atoms with Gasteiger partial charge >= 0.3 is 25.7 Å². The summed E-state index contributed by atoms with van der Waals surface area (Å²) >= 11 is 0. The van der Waals surface area contributed by atoms with Crippen molar-refractivity contribution < 1.29 is 108 Å². The molecule has 3 heterocycles. The molecule has 0 saturated carbocycles. The number of rotatable bonds is 12. The molecule has 3 rings (SSSR count). The van der Waals surface area contributed by atoms with E-state index >= 15 is 0 Å². The molecule has 0 fully saturated rings. The van der Waals surface area contributed by atoms with Crippen molar-refractivity contribution in [3.8, 4) is 0 Å². The van der Waals surface area contributed by atoms with Gasteiger partial charge in [-0.25, -0.2) is 32.5 Å². The predicted molar refractivity (Wildman–Crippen MR) is 113 cm³/mol. The number of hydrogen-bond acceptors (Lipinski definition) is 22. The minimum absolute atomic E-state index is 1.56. The van der Waals surface area contributed by atoms with Crippen molar-refractivity contribution in [2.45, 2.75) is 35.7 Å². The number of aliphatic hydroxyl groups is 12. The Morgan fingerprint density at radius 3 is 0.927 bits per heavy atom. The summed E-state index contributed by atoms with van der Waals surface area (Å²) in [5.41, 5.74) is 0. The van der Waals surface area contributed by atoms with Crippen molar-refractivity contribution in [2.75, 3.05) is 19.8 Å². The van der Waals surface area contributed by atoms with Crippen LogP contribution < -0.4 is 0 Å². The van der Waals surface area contributed by atoms with Crippen molar-refractivity contribution in [1.82, 2.24) is 0 Å². The van der Waals surface area contributed by atoms with Crippen LogP contribution >= 0.6 is 7.82 Å². The molecule has 0 aromatic carbocycles. The van der Waals surface area contributed by atoms with E-state index in [-0.39, 0.29) is 0 Å². The number of ether oxygens (including phenoxy) is 3. The second kappa shape index (κ2) is 10.6. The van der Waals surface area contributed by atoms with Gasteiger partial charge in [-0.05, 0) is 0 Å². The van der Waals surface area contributed by atoms with E-state index in [1.807, 2.05) is 0 Å². The molecule has 0 aromatic rings. The first-order chi connectivity index (χ1) is 18.8. The minimum Gasteiger partial charge on any atom is -0.505 e. The van der Waals surface area contributed by atoms with Crippen LogP contribution in [0.5, 0.6) is 0 Å². The molecule has 0 aromatic heterocycles. The summed E-state index contributed by atoms with van der Waals surface area (Å²) in [6.07, 6.45) is -8.10. The van der Waals surface area contributed by atoms with Crippen molar-refractivity contribution in [3.05, 3.63) is 34.6 Å². The Balaban J connectivity index is 2.12. The number of phosphoric acid groups is 1. The summed E-state index contributed by atoms with van der Waals surface area (Å²) in [6.45, 7) is -5.70. The second-order valence-corrected chi connectivity index (χ2v) is 9.73. The van der Waals surface area contributed by atoms with E-state index in [0.29, 0.717) is 0 Å². The molecule has 12 N–H and O–H groups in total. The third kappa shape index (κ3) is 5.36. The number of esters is 3. The molecule has 0 amide bonds. The fourth-order valence-corrected chi connectivity index (χ4v) is 5.11. The molecule has 3 aliphatic rings. The zero-order valence-corrected chi connectivity index (χ0v) is 20.6. The molecule has 22 nitrogen and oxygen atoms in total. The molecule has 6 atom stereocenters. The number of hydrogen-bond donors (Lipinski definition) is 12. The fourth-order valence-electron chi connectivity index (χ4n) is 3.38. The van der Waals surface area contributed by atoms with Gasteiger partial charge in [0.2, 0.25) is 53.0 Å². The SMILES string of the molecule is O=C1O[C@H]([C@@](O)(CO)OP(=O)(O[C@](O)(CO)[C@H]2OC(=O)C(O)=C2O)O[C@](O)(CO)[C@H]2OC(=O)C(O)=C2O)C(O)=C1O. The van der Waals surface area contributed by atoms with Gasteiger partial charge in [-0.2, -0.15) is 0 Å². The summed E-state index contributed by atoms with van der Waals surface area (Å²) in [4.78, 5) is 34.8. The van der Waals surface area contributed by atoms with Crippen LogP contribution in [-0.4, -0.2) is 135 Å². The molecule has 23 heteroatoms. The Morgan fingerprint density at radius 2 is 0.780 bits per heavy atom. The molecule has 0 saturated heterocycles. The largest absolute Gasteiger partial charge is 0.505 e. The normalized spacial score (nSPS) is 27.9. The standard InChI is InChI=1S/C18H21O22P/c19-1-16(31,10-4(22)7(25)13(28)35-10)38-41(34,39-17(32,2-20)11-5(23)8(26)14(29)36-11)40-18(33,3-21)12-6(24)9(27)15(30)37-12/h10-12,19-27,31-33H,1-3H2/t10-,11-,12-,16+,17+,18+/m0/s1. The van der Waals surface area contributed by atoms with E-state index in [9.17, 15) is 80.2 Å². The lowest BCUT2D eigenvalue weighted by molar-refractivity contribution is -0.286. The Bertz CT molecular complexity index is 1130. The van der Waals surface area contributed by atoms with E-state index in [1.54, 1.807) is 0 Å². The summed E-state index contributed by atoms with van der Waals surface area (Å²) in [5, 5.41) is 120. The van der Waals surface area contributed by atoms with E-state index in [2.05, 4.69) is 27.8 Å². The quantitative estimate of drug-likeness (QED) is 0.0427. The maximum atomic E-state index is 13.8. The lowest BCUT2D eigenvalue weighted by Crippen LogP contribution is -2.54. The highest BCUT2D eigenvalue weighted by Gasteiger charge is 2.62. The number of aliphatic hydroxyl groups excluding tert-OH is 9. The van der Waals surface area contributed by atoms with E-state index in [0.717, 1.165) is 0 Å². The molecule has 0 spiro atoms. The Labute approximate surface area is 224 Å². The highest BCUT2D eigenvalue weighted by molar-refractivity contribution is 7.48. The van der Waals surface area contributed by atoms with Gasteiger partial charge in [0.05, 0.1) is 0 Å². The highest BCUT2D eigenvalue weighted by atomic mass is 31.2. The molecule has 230 valence electrons. The molecule has 0 unspecified atom stereocenters. The van der Waals surface area contributed by atoms with Crippen molar-refractivity contribution in [3.63, 3.8) is 0 Å². The van der Waals surface area contributed by atoms with Gasteiger partial charge in [0, 0.05) is 0 Å². The van der Waals surface area contributed by atoms with Crippen LogP contribution in [0.4, 0.5) is 0 Å². The zero-order chi connectivity index (χ0) is 31.3. The van der Waals surface area contributed by atoms with Gasteiger partial charge in [-0.15, -0.1) is 0 Å². The van der Waals surface area contributed by atoms with Crippen LogP contribution in [0.25, 0.3) is 0 Å². The van der Waals surface area contributed by atoms with Crippen LogP contribution in [0.2, 0.25) is 0 Å². The monoisotopic (exact) mass is 620 g/mol. The number of phosphoric ester groups is 1. The lowest BCUT2D eigenvalue weighted by atomic mass is 10.1. The van der Waals surface area contributed by atoms with Crippen LogP contribution in [0.15, 0.2) is 34.6 Å². The van der Waals surface area contributed by atoms with E-state index < -0.39 is 116 Å². The zero-order valence-electron chi connectivity index (χ0n) is 19.7. The van der Waals surface area contributed by atoms with Crippen molar-refractivity contribution in [1.29, 1.82) is 0 Å². The maximum absolute atomic E-state index is 13.8. The van der Waals surface area contributed by atoms with E-state index in [4.69, 9.17) is 0 Å². The fraction of sp³-hybridized carbons (Fsp3) is 0.500. The predicted octanol–water partition coefficient (Wildman–Crippen LogP) is -4.05. The van der Waals surface area contributed by atoms with E-state index in [1.165, 1.54) is 0 Å². The summed E-state index contributed by atoms with van der Waals surface area (Å²) in [5.74, 6) is -26.0. The first-order valence-corrected chi connectivity index (χ1v) is 12.0. The minimum atomic E-state index is -6.44. The summed E-state index contributed by atoms with van der Waals surface area (Å²) < 4.78 is 40.8. The van der Waals surface area contributed by atoms with Gasteiger partial charge in [-0.1, -0.05) is 0 Å². The molecule has 0 bridgehead atoms. The molecule has 3 aliphatic heterocycles. The van der Waals surface area contributed by atoms with Gasteiger partial charge in [0.25, 0.3) is 0 Å². The highest BCUT2D eigenvalue weighted by Crippen LogP contribution is 2.60. The first kappa shape index (κ1) is 31.8. The molecular formula is C18H21O22P. The Morgan fingerprint density at radius 1 is 0.561 bits per heavy atom. The van der Waals surface area contributed by atoms with Crippen LogP contribution in [0.3, 0.4) is 0 Å². The van der Waals surface area contributed by atoms with Crippen molar-refractivity contribution >= 4 is 25.7 Å². The average Bonchev–Trinajstić information content (AvgIpc) is 3.45. The van der Waals surface area contributed by atoms with Crippen LogP contribution in [-0.2, 0) is 46.7 Å². The molecule has 0 radical (unpaired) electrons. The average molecular weight is 620 g/mol. The van der Waals surface area contributed by atoms with Gasteiger partial charge in [0.15, 0.2) is 17.3 Å². The maximum Gasteiger partial charge on any atom is 0.483 e. The number of cyclic esters (lactones) is 3. The Hall–Kier alpha value is -3.70. The van der Waals surface area contributed by atoms with Crippen molar-refractivity contribution in [2.24, 2.45) is 0 Å². The van der Waals surface area contributed by atoms with Gasteiger partial charge in [0.1, 0.15) is 19.8 Å². The molecule has 0 aliphatic carbocycles.